The van der Waals surface area contributed by atoms with Gasteiger partial charge in [-0.15, -0.1) is 6.42 Å². The van der Waals surface area contributed by atoms with Crippen LogP contribution in [-0.2, 0) is 0 Å². The van der Waals surface area contributed by atoms with Gasteiger partial charge in [-0.2, -0.15) is 0 Å². The molecule has 1 heterocycles. The first-order valence-electron chi connectivity index (χ1n) is 6.73. The van der Waals surface area contributed by atoms with Gasteiger partial charge in [-0.1, -0.05) is 25.7 Å². The van der Waals surface area contributed by atoms with E-state index in [0.717, 1.165) is 19.0 Å². The molecule has 0 aliphatic carbocycles. The maximum atomic E-state index is 5.20. The van der Waals surface area contributed by atoms with Crippen LogP contribution in [0.1, 0.15) is 39.0 Å². The second kappa shape index (κ2) is 8.61. The quantitative estimate of drug-likeness (QED) is 0.547. The summed E-state index contributed by atoms with van der Waals surface area (Å²) in [5.41, 5.74) is 0. The molecule has 0 saturated carbocycles. The summed E-state index contributed by atoms with van der Waals surface area (Å²) >= 11 is 0. The predicted molar refractivity (Wildman–Crippen MR) is 70.4 cm³/mol. The van der Waals surface area contributed by atoms with Crippen LogP contribution < -0.4 is 5.32 Å². The highest BCUT2D eigenvalue weighted by molar-refractivity contribution is 4.86. The average Bonchev–Trinajstić information content (AvgIpc) is 2.51. The summed E-state index contributed by atoms with van der Waals surface area (Å²) < 4.78 is 0. The van der Waals surface area contributed by atoms with Crippen molar-refractivity contribution in [3.63, 3.8) is 0 Å². The van der Waals surface area contributed by atoms with E-state index >= 15 is 0 Å². The van der Waals surface area contributed by atoms with Crippen LogP contribution in [-0.4, -0.2) is 37.6 Å². The first-order chi connectivity index (χ1) is 7.86. The van der Waals surface area contributed by atoms with Crippen molar-refractivity contribution in [2.24, 2.45) is 5.92 Å². The molecule has 0 bridgehead atoms. The third-order valence-corrected chi connectivity index (χ3v) is 3.47. The maximum absolute atomic E-state index is 5.20. The van der Waals surface area contributed by atoms with Crippen LogP contribution in [0.3, 0.4) is 0 Å². The van der Waals surface area contributed by atoms with Crippen molar-refractivity contribution in [1.29, 1.82) is 0 Å². The molecule has 1 atom stereocenters. The van der Waals surface area contributed by atoms with Gasteiger partial charge in [0, 0.05) is 13.1 Å². The Morgan fingerprint density at radius 2 is 2.25 bits per heavy atom. The molecule has 0 aromatic rings. The van der Waals surface area contributed by atoms with E-state index in [4.69, 9.17) is 6.42 Å². The lowest BCUT2D eigenvalue weighted by Gasteiger charge is -2.20. The number of hydrogen-bond donors (Lipinski definition) is 1. The molecule has 1 aliphatic rings. The third-order valence-electron chi connectivity index (χ3n) is 3.47. The standard InChI is InChI=1S/C14H26N2/c1-3-6-14-7-5-11-16(12-8-14)13-10-15-9-4-2/h2,14-15H,3,5-13H2,1H3. The van der Waals surface area contributed by atoms with Gasteiger partial charge in [-0.3, -0.25) is 0 Å². The van der Waals surface area contributed by atoms with Crippen molar-refractivity contribution < 1.29 is 0 Å². The number of likely N-dealkylation sites (tertiary alicyclic amines) is 1. The van der Waals surface area contributed by atoms with Crippen LogP contribution in [0, 0.1) is 18.3 Å². The lowest BCUT2D eigenvalue weighted by atomic mass is 9.96. The summed E-state index contributed by atoms with van der Waals surface area (Å²) in [6.07, 6.45) is 12.2. The van der Waals surface area contributed by atoms with E-state index in [2.05, 4.69) is 23.1 Å². The summed E-state index contributed by atoms with van der Waals surface area (Å²) in [5.74, 6) is 3.59. The molecular formula is C14H26N2. The van der Waals surface area contributed by atoms with Crippen molar-refractivity contribution in [3.05, 3.63) is 0 Å². The van der Waals surface area contributed by atoms with E-state index in [1.54, 1.807) is 0 Å². The molecule has 16 heavy (non-hydrogen) atoms. The molecule has 0 radical (unpaired) electrons. The molecule has 92 valence electrons. The summed E-state index contributed by atoms with van der Waals surface area (Å²) in [6.45, 7) is 7.74. The SMILES string of the molecule is C#CCNCCN1CCCC(CCC)CC1. The van der Waals surface area contributed by atoms with Crippen LogP contribution in [0.4, 0.5) is 0 Å². The second-order valence-corrected chi connectivity index (χ2v) is 4.81. The van der Waals surface area contributed by atoms with Gasteiger partial charge in [0.1, 0.15) is 0 Å². The van der Waals surface area contributed by atoms with Gasteiger partial charge in [-0.25, -0.2) is 0 Å². The molecule has 1 fully saturated rings. The molecule has 0 amide bonds. The van der Waals surface area contributed by atoms with E-state index in [-0.39, 0.29) is 0 Å². The molecule has 0 spiro atoms. The fourth-order valence-electron chi connectivity index (χ4n) is 2.54. The largest absolute Gasteiger partial charge is 0.305 e. The predicted octanol–water partition coefficient (Wildman–Crippen LogP) is 2.11. The minimum absolute atomic E-state index is 0.701. The molecule has 2 heteroatoms. The fourth-order valence-corrected chi connectivity index (χ4v) is 2.54. The normalized spacial score (nSPS) is 22.6. The zero-order valence-electron chi connectivity index (χ0n) is 10.7. The Morgan fingerprint density at radius 1 is 1.38 bits per heavy atom. The highest BCUT2D eigenvalue weighted by Crippen LogP contribution is 2.21. The average molecular weight is 222 g/mol. The van der Waals surface area contributed by atoms with Gasteiger partial charge in [0.15, 0.2) is 0 Å². The number of nitrogens with zero attached hydrogens (tertiary/aromatic N) is 1. The molecule has 1 rings (SSSR count). The molecule has 2 nitrogen and oxygen atoms in total. The summed E-state index contributed by atoms with van der Waals surface area (Å²) in [6, 6.07) is 0. The summed E-state index contributed by atoms with van der Waals surface area (Å²) in [4.78, 5) is 2.58. The monoisotopic (exact) mass is 222 g/mol. The van der Waals surface area contributed by atoms with Gasteiger partial charge >= 0.3 is 0 Å². The minimum atomic E-state index is 0.701. The fraction of sp³-hybridized carbons (Fsp3) is 0.857. The Kier molecular flexibility index (Phi) is 7.29. The third kappa shape index (κ3) is 5.53. The first kappa shape index (κ1) is 13.5. The smallest absolute Gasteiger partial charge is 0.0574 e. The Balaban J connectivity index is 2.12. The molecule has 1 N–H and O–H groups in total. The number of rotatable bonds is 6. The van der Waals surface area contributed by atoms with Gasteiger partial charge in [0.05, 0.1) is 6.54 Å². The molecule has 1 unspecified atom stereocenters. The van der Waals surface area contributed by atoms with E-state index in [9.17, 15) is 0 Å². The van der Waals surface area contributed by atoms with E-state index < -0.39 is 0 Å². The Hall–Kier alpha value is -0.520. The van der Waals surface area contributed by atoms with Crippen LogP contribution >= 0.6 is 0 Å². The maximum Gasteiger partial charge on any atom is 0.0574 e. The van der Waals surface area contributed by atoms with Gasteiger partial charge in [-0.05, 0) is 38.3 Å². The molecule has 1 aliphatic heterocycles. The molecule has 0 aromatic carbocycles. The molecular weight excluding hydrogens is 196 g/mol. The van der Waals surface area contributed by atoms with Crippen molar-refractivity contribution in [2.45, 2.75) is 39.0 Å². The zero-order chi connectivity index (χ0) is 11.6. The Labute approximate surface area is 101 Å². The topological polar surface area (TPSA) is 15.3 Å². The lowest BCUT2D eigenvalue weighted by Crippen LogP contribution is -2.33. The number of hydrogen-bond acceptors (Lipinski definition) is 2. The van der Waals surface area contributed by atoms with Gasteiger partial charge in [0.25, 0.3) is 0 Å². The minimum Gasteiger partial charge on any atom is -0.305 e. The zero-order valence-corrected chi connectivity index (χ0v) is 10.7. The molecule has 1 saturated heterocycles. The number of terminal acetylenes is 1. The highest BCUT2D eigenvalue weighted by Gasteiger charge is 2.15. The summed E-state index contributed by atoms with van der Waals surface area (Å²) in [7, 11) is 0. The van der Waals surface area contributed by atoms with E-state index in [1.165, 1.54) is 45.2 Å². The van der Waals surface area contributed by atoms with Crippen molar-refractivity contribution in [2.75, 3.05) is 32.7 Å². The van der Waals surface area contributed by atoms with Crippen LogP contribution in [0.2, 0.25) is 0 Å². The van der Waals surface area contributed by atoms with Crippen molar-refractivity contribution >= 4 is 0 Å². The number of nitrogens with one attached hydrogen (secondary N) is 1. The highest BCUT2D eigenvalue weighted by atomic mass is 15.1. The van der Waals surface area contributed by atoms with E-state index in [1.807, 2.05) is 0 Å². The van der Waals surface area contributed by atoms with Crippen molar-refractivity contribution in [3.8, 4) is 12.3 Å². The first-order valence-corrected chi connectivity index (χ1v) is 6.73. The van der Waals surface area contributed by atoms with Gasteiger partial charge < -0.3 is 10.2 Å². The molecule has 0 aromatic heterocycles. The second-order valence-electron chi connectivity index (χ2n) is 4.81. The summed E-state index contributed by atoms with van der Waals surface area (Å²) in [5, 5.41) is 3.26. The Morgan fingerprint density at radius 3 is 3.00 bits per heavy atom. The van der Waals surface area contributed by atoms with Crippen molar-refractivity contribution in [1.82, 2.24) is 10.2 Å². The lowest BCUT2D eigenvalue weighted by molar-refractivity contribution is 0.280. The Bertz CT molecular complexity index is 207. The van der Waals surface area contributed by atoms with Gasteiger partial charge in [0.2, 0.25) is 0 Å². The van der Waals surface area contributed by atoms with Crippen LogP contribution in [0.25, 0.3) is 0 Å². The van der Waals surface area contributed by atoms with Crippen LogP contribution in [0.15, 0.2) is 0 Å². The van der Waals surface area contributed by atoms with Crippen LogP contribution in [0.5, 0.6) is 0 Å². The van der Waals surface area contributed by atoms with E-state index in [0.29, 0.717) is 6.54 Å².